The fourth-order valence-corrected chi connectivity index (χ4v) is 10.4. The third-order valence-electron chi connectivity index (χ3n) is 13.2. The van der Waals surface area contributed by atoms with Crippen LogP contribution in [-0.2, 0) is 16.0 Å². The molecule has 11 nitrogen and oxygen atoms in total. The third-order valence-corrected chi connectivity index (χ3v) is 13.2. The highest BCUT2D eigenvalue weighted by atomic mass is 19.3. The lowest BCUT2D eigenvalue weighted by atomic mass is 9.73. The lowest BCUT2D eigenvalue weighted by Gasteiger charge is -2.57. The normalized spacial score (nSPS) is 25.7. The number of fused-ring (bicyclic) bond motifs is 4. The number of likely N-dealkylation sites (tertiary alicyclic amines) is 1. The second-order valence-electron chi connectivity index (χ2n) is 16.9. The van der Waals surface area contributed by atoms with Crippen molar-refractivity contribution in [1.82, 2.24) is 19.8 Å². The van der Waals surface area contributed by atoms with Crippen LogP contribution in [0.15, 0.2) is 83.5 Å². The Hall–Kier alpha value is -5.37. The van der Waals surface area contributed by atoms with Crippen molar-refractivity contribution < 1.29 is 45.0 Å². The standard InChI is InChI=1S/C45H46F5N5O6/c1-6-27-31(46)11-10-25-16-26(59-23-57-5)17-29(38(25)27)39-32(47)18-37(58-21-45(3)20-52(4)15-14-30(45)42(49)50)55-35(41(39)48)9-7-8-28-33-12-13-34-40(28)43(55)51-22-54(34)53(33)19-36-24(2)60-44(56)61-36/h1,10-11,16-18,28,30,33,42H,7-9,12-15,19-23H2,2-5H3/t28-,30+,33-,45-/m0/s1. The van der Waals surface area contributed by atoms with E-state index in [9.17, 15) is 13.6 Å². The third kappa shape index (κ3) is 6.94. The molecule has 16 heteroatoms. The number of hydrogen-bond donors (Lipinski definition) is 0. The number of alkyl halides is 2. The fraction of sp³-hybridized carbons (Fsp3) is 0.467. The van der Waals surface area contributed by atoms with Crippen molar-refractivity contribution >= 4 is 22.2 Å². The second-order valence-corrected chi connectivity index (χ2v) is 16.9. The molecule has 1 aliphatic carbocycles. The molecule has 2 aromatic carbocycles. The predicted molar refractivity (Wildman–Crippen MR) is 215 cm³/mol. The molecule has 0 unspecified atom stereocenters. The minimum Gasteiger partial charge on any atom is -0.478 e. The van der Waals surface area contributed by atoms with Gasteiger partial charge in [0, 0.05) is 65.2 Å². The van der Waals surface area contributed by atoms with Gasteiger partial charge in [0.2, 0.25) is 12.3 Å². The predicted octanol–water partition coefficient (Wildman–Crippen LogP) is 8.37. The number of rotatable bonds is 10. The molecule has 7 aliphatic rings. The van der Waals surface area contributed by atoms with Gasteiger partial charge in [0.1, 0.15) is 35.7 Å². The molecule has 0 amide bonds. The number of halogens is 5. The molecule has 7 heterocycles. The van der Waals surface area contributed by atoms with Crippen molar-refractivity contribution in [2.24, 2.45) is 22.2 Å². The summed E-state index contributed by atoms with van der Waals surface area (Å²) in [6, 6.07) is 5.59. The van der Waals surface area contributed by atoms with E-state index in [1.165, 1.54) is 30.2 Å². The summed E-state index contributed by atoms with van der Waals surface area (Å²) in [7, 11) is 3.29. The van der Waals surface area contributed by atoms with E-state index in [1.807, 2.05) is 17.0 Å². The summed E-state index contributed by atoms with van der Waals surface area (Å²) in [6.45, 7) is 4.15. The largest absolute Gasteiger partial charge is 0.519 e. The van der Waals surface area contributed by atoms with E-state index in [0.717, 1.165) is 23.8 Å². The molecule has 1 aromatic heterocycles. The van der Waals surface area contributed by atoms with Crippen LogP contribution in [0.1, 0.15) is 68.1 Å². The average molecular weight is 848 g/mol. The molecule has 0 saturated carbocycles. The highest BCUT2D eigenvalue weighted by molar-refractivity contribution is 6.05. The zero-order chi connectivity index (χ0) is 42.9. The van der Waals surface area contributed by atoms with Crippen LogP contribution in [0.2, 0.25) is 0 Å². The number of allylic oxidation sites excluding steroid dienone is 6. The van der Waals surface area contributed by atoms with Crippen LogP contribution in [0.25, 0.3) is 16.3 Å². The Balaban J connectivity index is 1.22. The van der Waals surface area contributed by atoms with Gasteiger partial charge in [-0.15, -0.1) is 6.42 Å². The van der Waals surface area contributed by atoms with Crippen LogP contribution in [0, 0.1) is 42.3 Å². The van der Waals surface area contributed by atoms with E-state index in [4.69, 9.17) is 34.5 Å². The summed E-state index contributed by atoms with van der Waals surface area (Å²) in [6.07, 6.45) is 7.18. The van der Waals surface area contributed by atoms with Crippen molar-refractivity contribution in [1.29, 1.82) is 0 Å². The summed E-state index contributed by atoms with van der Waals surface area (Å²) in [5.41, 5.74) is 0.0549. The van der Waals surface area contributed by atoms with Gasteiger partial charge in [0.25, 0.3) is 0 Å². The van der Waals surface area contributed by atoms with Crippen molar-refractivity contribution in [2.75, 3.05) is 47.3 Å². The first kappa shape index (κ1) is 41.0. The summed E-state index contributed by atoms with van der Waals surface area (Å²) in [5, 5.41) is 4.68. The highest BCUT2D eigenvalue weighted by Crippen LogP contribution is 2.52. The van der Waals surface area contributed by atoms with E-state index in [0.29, 0.717) is 48.5 Å². The Kier molecular flexibility index (Phi) is 10.6. The Labute approximate surface area is 349 Å². The lowest BCUT2D eigenvalue weighted by molar-refractivity contribution is -0.105. The van der Waals surface area contributed by atoms with Gasteiger partial charge in [-0.2, -0.15) is 0 Å². The van der Waals surface area contributed by atoms with Gasteiger partial charge in [-0.3, -0.25) is 9.91 Å². The van der Waals surface area contributed by atoms with Gasteiger partial charge in [-0.1, -0.05) is 18.9 Å². The molecular formula is C45H46F5N5O6. The quantitative estimate of drug-likeness (QED) is 0.113. The van der Waals surface area contributed by atoms with Crippen LogP contribution < -0.4 is 10.6 Å². The number of terminal acetylenes is 1. The van der Waals surface area contributed by atoms with Crippen LogP contribution >= 0.6 is 0 Å². The van der Waals surface area contributed by atoms with Crippen LogP contribution in [0.4, 0.5) is 22.0 Å². The summed E-state index contributed by atoms with van der Waals surface area (Å²) >= 11 is 0. The first-order valence-electron chi connectivity index (χ1n) is 20.5. The maximum Gasteiger partial charge on any atom is 0.519 e. The number of aryl methyl sites for hydroxylation is 1. The van der Waals surface area contributed by atoms with Crippen molar-refractivity contribution in [2.45, 2.75) is 71.4 Å². The Morgan fingerprint density at radius 3 is 2.64 bits per heavy atom. The van der Waals surface area contributed by atoms with Crippen molar-refractivity contribution in [3.8, 4) is 18.1 Å². The fourth-order valence-electron chi connectivity index (χ4n) is 10.4. The van der Waals surface area contributed by atoms with Crippen molar-refractivity contribution in [3.05, 3.63) is 104 Å². The minimum absolute atomic E-state index is 0.0492. The van der Waals surface area contributed by atoms with E-state index in [-0.39, 0.29) is 91.8 Å². The molecule has 3 saturated heterocycles. The van der Waals surface area contributed by atoms with E-state index in [2.05, 4.69) is 10.9 Å². The molecule has 10 rings (SSSR count). The highest BCUT2D eigenvalue weighted by Gasteiger charge is 2.52. The molecule has 4 atom stereocenters. The summed E-state index contributed by atoms with van der Waals surface area (Å²) in [5.74, 6) is -1.000. The number of amidine groups is 1. The SMILES string of the molecule is C#Cc1c(F)ccc2cc(OCOC)cc(C3=C(F)C=C(OC[C@]4(C)CN(C)CC[C@@H]4C(F)F)N4C5=NCN6C7=C5[C@@H](CCCC4=C3F)[C@H](CC7)N6Cc3oc(=O)oc3C)c12. The van der Waals surface area contributed by atoms with E-state index >= 15 is 13.2 Å². The number of nitrogens with zero attached hydrogens (tertiary/aromatic N) is 5. The summed E-state index contributed by atoms with van der Waals surface area (Å²) < 4.78 is 108. The first-order valence-corrected chi connectivity index (χ1v) is 20.5. The number of methoxy groups -OCH3 is 1. The Morgan fingerprint density at radius 2 is 1.90 bits per heavy atom. The molecule has 4 bridgehead atoms. The average Bonchev–Trinajstić information content (AvgIpc) is 3.49. The molecule has 6 aliphatic heterocycles. The number of ether oxygens (including phenoxy) is 3. The Bertz CT molecular complexity index is 2550. The van der Waals surface area contributed by atoms with Gasteiger partial charge in [-0.25, -0.2) is 36.7 Å². The van der Waals surface area contributed by atoms with E-state index < -0.39 is 46.6 Å². The van der Waals surface area contributed by atoms with Gasteiger partial charge in [0.15, 0.2) is 18.4 Å². The number of piperidine rings is 1. The van der Waals surface area contributed by atoms with E-state index in [1.54, 1.807) is 19.9 Å². The topological polar surface area (TPSA) is 96.4 Å². The molecule has 0 spiro atoms. The number of aliphatic imine (C=N–C) groups is 1. The molecule has 0 radical (unpaired) electrons. The van der Waals surface area contributed by atoms with Gasteiger partial charge < -0.3 is 27.9 Å². The molecular weight excluding hydrogens is 802 g/mol. The zero-order valence-corrected chi connectivity index (χ0v) is 34.3. The molecule has 61 heavy (non-hydrogen) atoms. The van der Waals surface area contributed by atoms with Crippen LogP contribution in [0.5, 0.6) is 5.75 Å². The van der Waals surface area contributed by atoms with Gasteiger partial charge >= 0.3 is 5.82 Å². The van der Waals surface area contributed by atoms with Gasteiger partial charge in [0.05, 0.1) is 30.0 Å². The zero-order valence-electron chi connectivity index (χ0n) is 34.3. The lowest BCUT2D eigenvalue weighted by Crippen LogP contribution is -2.62. The first-order chi connectivity index (χ1) is 29.3. The number of hydrazine groups is 1. The molecule has 3 fully saturated rings. The number of hydrogen-bond acceptors (Lipinski definition) is 11. The van der Waals surface area contributed by atoms with Crippen LogP contribution in [-0.4, -0.2) is 85.4 Å². The van der Waals surface area contributed by atoms with Gasteiger partial charge in [-0.05, 0) is 82.6 Å². The molecule has 3 aromatic rings. The smallest absolute Gasteiger partial charge is 0.478 e. The second kappa shape index (κ2) is 15.8. The number of benzene rings is 2. The maximum atomic E-state index is 18.1. The minimum atomic E-state index is -2.63. The summed E-state index contributed by atoms with van der Waals surface area (Å²) in [4.78, 5) is 20.5. The maximum absolute atomic E-state index is 18.1. The Morgan fingerprint density at radius 1 is 1.08 bits per heavy atom. The van der Waals surface area contributed by atoms with Crippen molar-refractivity contribution in [3.63, 3.8) is 0 Å². The van der Waals surface area contributed by atoms with Crippen LogP contribution in [0.3, 0.4) is 0 Å². The molecule has 322 valence electrons. The monoisotopic (exact) mass is 847 g/mol. The molecule has 0 N–H and O–H groups in total.